The SMILES string of the molecule is CC1(C)OB(c2ccc(O)cc2)OC1(C)C.Nc1nccn2c(C3CCOCC3)nc(-c3ccc(O)cc3)c12. The van der Waals surface area contributed by atoms with E-state index in [-0.39, 0.29) is 29.8 Å². The molecule has 0 bridgehead atoms. The van der Waals surface area contributed by atoms with Gasteiger partial charge >= 0.3 is 7.12 Å². The normalized spacial score (nSPS) is 18.6. The van der Waals surface area contributed by atoms with E-state index in [0.717, 1.165) is 54.1 Å². The van der Waals surface area contributed by atoms with Gasteiger partial charge in [0.05, 0.1) is 11.2 Å². The Kier molecular flexibility index (Phi) is 7.28. The Balaban J connectivity index is 0.000000169. The predicted octanol–water partition coefficient (Wildman–Crippen LogP) is 4.27. The lowest BCUT2D eigenvalue weighted by molar-refractivity contribution is 0.00578. The van der Waals surface area contributed by atoms with E-state index in [4.69, 9.17) is 24.8 Å². The molecular formula is C29H35BN4O5. The maximum Gasteiger partial charge on any atom is 0.494 e. The molecule has 0 unspecified atom stereocenters. The molecule has 2 aliphatic rings. The van der Waals surface area contributed by atoms with Crippen molar-refractivity contribution in [3.05, 3.63) is 66.7 Å². The molecule has 0 atom stereocenters. The molecule has 9 nitrogen and oxygen atoms in total. The van der Waals surface area contributed by atoms with Crippen LogP contribution in [0.2, 0.25) is 0 Å². The number of fused-ring (bicyclic) bond motifs is 1. The monoisotopic (exact) mass is 530 g/mol. The molecule has 4 aromatic rings. The van der Waals surface area contributed by atoms with Crippen molar-refractivity contribution < 1.29 is 24.3 Å². The molecule has 2 aromatic carbocycles. The van der Waals surface area contributed by atoms with Gasteiger partial charge in [0, 0.05) is 37.1 Å². The van der Waals surface area contributed by atoms with Gasteiger partial charge in [-0.25, -0.2) is 9.97 Å². The summed E-state index contributed by atoms with van der Waals surface area (Å²) in [6, 6.07) is 13.9. The van der Waals surface area contributed by atoms with E-state index in [1.54, 1.807) is 30.5 Å². The van der Waals surface area contributed by atoms with Crippen molar-refractivity contribution in [2.75, 3.05) is 18.9 Å². The molecule has 0 saturated carbocycles. The van der Waals surface area contributed by atoms with E-state index in [1.165, 1.54) is 0 Å². The average Bonchev–Trinajstić information content (AvgIpc) is 3.40. The van der Waals surface area contributed by atoms with Crippen LogP contribution in [0.25, 0.3) is 16.8 Å². The summed E-state index contributed by atoms with van der Waals surface area (Å²) in [5.74, 6) is 2.29. The topological polar surface area (TPSA) is 124 Å². The number of rotatable bonds is 3. The first-order valence-corrected chi connectivity index (χ1v) is 13.2. The number of imidazole rings is 1. The van der Waals surface area contributed by atoms with Gasteiger partial charge < -0.3 is 30.0 Å². The summed E-state index contributed by atoms with van der Waals surface area (Å²) in [4.78, 5) is 9.09. The summed E-state index contributed by atoms with van der Waals surface area (Å²) >= 11 is 0. The van der Waals surface area contributed by atoms with E-state index in [1.807, 2.05) is 62.6 Å². The fraction of sp³-hybridized carbons (Fsp3) is 0.379. The number of benzene rings is 2. The maximum atomic E-state index is 9.50. The Morgan fingerprint density at radius 3 is 2.05 bits per heavy atom. The minimum atomic E-state index is -0.356. The van der Waals surface area contributed by atoms with Gasteiger partial charge in [-0.05, 0) is 82.4 Å². The molecule has 0 aliphatic carbocycles. The number of anilines is 1. The first-order chi connectivity index (χ1) is 18.6. The van der Waals surface area contributed by atoms with Crippen LogP contribution >= 0.6 is 0 Å². The molecule has 0 radical (unpaired) electrons. The summed E-state index contributed by atoms with van der Waals surface area (Å²) < 4.78 is 19.3. The van der Waals surface area contributed by atoms with Crippen LogP contribution in [-0.4, -0.2) is 56.1 Å². The number of phenols is 2. The van der Waals surface area contributed by atoms with Crippen molar-refractivity contribution in [2.45, 2.75) is 57.7 Å². The summed E-state index contributed by atoms with van der Waals surface area (Å²) in [5.41, 5.74) is 8.94. The molecule has 2 aromatic heterocycles. The number of nitrogens with zero attached hydrogens (tertiary/aromatic N) is 3. The number of nitrogen functional groups attached to an aromatic ring is 1. The smallest absolute Gasteiger partial charge is 0.494 e. The number of aromatic hydroxyl groups is 2. The standard InChI is InChI=1S/C17H18N4O2.C12H17BO3/c18-16-15-14(11-1-3-13(22)4-2-11)20-17(21(15)8-7-19-16)12-5-9-23-10-6-12;1-11(2)12(3,4)16-13(15-11)9-5-7-10(14)8-6-9/h1-4,7-8,12,22H,5-6,9-10H2,(H2,18,19);5-8,14H,1-4H3. The first kappa shape index (κ1) is 27.0. The minimum Gasteiger partial charge on any atom is -0.508 e. The van der Waals surface area contributed by atoms with E-state index in [0.29, 0.717) is 11.7 Å². The highest BCUT2D eigenvalue weighted by Gasteiger charge is 2.51. The molecule has 0 spiro atoms. The fourth-order valence-electron chi connectivity index (χ4n) is 4.76. The van der Waals surface area contributed by atoms with Crippen LogP contribution in [0.3, 0.4) is 0 Å². The van der Waals surface area contributed by atoms with Crippen molar-refractivity contribution in [1.29, 1.82) is 0 Å². The van der Waals surface area contributed by atoms with Gasteiger partial charge in [0.25, 0.3) is 0 Å². The Morgan fingerprint density at radius 2 is 1.46 bits per heavy atom. The Morgan fingerprint density at radius 1 is 0.897 bits per heavy atom. The third-order valence-corrected chi connectivity index (χ3v) is 7.76. The highest BCUT2D eigenvalue weighted by atomic mass is 16.7. The first-order valence-electron chi connectivity index (χ1n) is 13.2. The maximum absolute atomic E-state index is 9.50. The van der Waals surface area contributed by atoms with E-state index >= 15 is 0 Å². The van der Waals surface area contributed by atoms with Crippen LogP contribution in [-0.2, 0) is 14.0 Å². The van der Waals surface area contributed by atoms with Crippen molar-refractivity contribution in [1.82, 2.24) is 14.4 Å². The number of hydrogen-bond donors (Lipinski definition) is 3. The largest absolute Gasteiger partial charge is 0.508 e. The lowest BCUT2D eigenvalue weighted by atomic mass is 9.79. The van der Waals surface area contributed by atoms with Gasteiger partial charge in [-0.2, -0.15) is 0 Å². The zero-order valence-electron chi connectivity index (χ0n) is 22.8. The Labute approximate surface area is 228 Å². The summed E-state index contributed by atoms with van der Waals surface area (Å²) in [6.45, 7) is 9.60. The zero-order valence-corrected chi connectivity index (χ0v) is 22.8. The lowest BCUT2D eigenvalue weighted by Crippen LogP contribution is -2.41. The number of ether oxygens (including phenoxy) is 1. The van der Waals surface area contributed by atoms with Crippen LogP contribution in [0.1, 0.15) is 52.3 Å². The van der Waals surface area contributed by atoms with Crippen LogP contribution in [0, 0.1) is 0 Å². The van der Waals surface area contributed by atoms with Gasteiger partial charge in [0.15, 0.2) is 0 Å². The highest BCUT2D eigenvalue weighted by Crippen LogP contribution is 2.37. The van der Waals surface area contributed by atoms with E-state index in [9.17, 15) is 10.2 Å². The van der Waals surface area contributed by atoms with E-state index < -0.39 is 0 Å². The summed E-state index contributed by atoms with van der Waals surface area (Å²) in [7, 11) is -0.356. The van der Waals surface area contributed by atoms with Crippen molar-refractivity contribution in [3.8, 4) is 22.8 Å². The molecule has 0 amide bonds. The Hall–Kier alpha value is -3.60. The van der Waals surface area contributed by atoms with Crippen LogP contribution in [0.5, 0.6) is 11.5 Å². The minimum absolute atomic E-state index is 0.230. The molecule has 4 heterocycles. The molecule has 10 heteroatoms. The molecule has 6 rings (SSSR count). The van der Waals surface area contributed by atoms with Crippen LogP contribution in [0.4, 0.5) is 5.82 Å². The van der Waals surface area contributed by atoms with E-state index in [2.05, 4.69) is 4.98 Å². The highest BCUT2D eigenvalue weighted by molar-refractivity contribution is 6.62. The number of aromatic nitrogens is 3. The van der Waals surface area contributed by atoms with Gasteiger partial charge in [-0.15, -0.1) is 0 Å². The van der Waals surface area contributed by atoms with Gasteiger partial charge in [0.2, 0.25) is 0 Å². The number of nitrogens with two attached hydrogens (primary N) is 1. The molecule has 204 valence electrons. The third kappa shape index (κ3) is 5.45. The third-order valence-electron chi connectivity index (χ3n) is 7.76. The molecule has 39 heavy (non-hydrogen) atoms. The lowest BCUT2D eigenvalue weighted by Gasteiger charge is -2.32. The molecule has 2 saturated heterocycles. The molecule has 4 N–H and O–H groups in total. The van der Waals surface area contributed by atoms with Crippen molar-refractivity contribution in [3.63, 3.8) is 0 Å². The Bertz CT molecular complexity index is 1410. The molecular weight excluding hydrogens is 495 g/mol. The second-order valence-electron chi connectivity index (χ2n) is 11.0. The second kappa shape index (κ2) is 10.5. The van der Waals surface area contributed by atoms with Gasteiger partial charge in [-0.1, -0.05) is 12.1 Å². The zero-order chi connectivity index (χ0) is 27.8. The average molecular weight is 530 g/mol. The predicted molar refractivity (Wildman–Crippen MR) is 151 cm³/mol. The number of phenolic OH excluding ortho intramolecular Hbond substituents is 2. The summed E-state index contributed by atoms with van der Waals surface area (Å²) in [6.07, 6.45) is 5.52. The molecule has 2 fully saturated rings. The van der Waals surface area contributed by atoms with Gasteiger partial charge in [0.1, 0.15) is 34.4 Å². The second-order valence-corrected chi connectivity index (χ2v) is 11.0. The fourth-order valence-corrected chi connectivity index (χ4v) is 4.76. The van der Waals surface area contributed by atoms with Crippen LogP contribution < -0.4 is 11.2 Å². The van der Waals surface area contributed by atoms with Crippen molar-refractivity contribution in [2.24, 2.45) is 0 Å². The molecule has 2 aliphatic heterocycles. The number of hydrogen-bond acceptors (Lipinski definition) is 8. The van der Waals surface area contributed by atoms with Gasteiger partial charge in [-0.3, -0.25) is 4.40 Å². The quantitative estimate of drug-likeness (QED) is 0.336. The van der Waals surface area contributed by atoms with Crippen molar-refractivity contribution >= 4 is 23.9 Å². The summed E-state index contributed by atoms with van der Waals surface area (Å²) in [5, 5.41) is 18.7. The van der Waals surface area contributed by atoms with Crippen LogP contribution in [0.15, 0.2) is 60.9 Å².